The number of pyridine rings is 1. The number of carbonyl (C=O) groups excluding carboxylic acids is 1. The number of carbonyl (C=O) groups is 1. The molecule has 1 aromatic carbocycles. The van der Waals surface area contributed by atoms with E-state index in [0.717, 1.165) is 30.5 Å². The summed E-state index contributed by atoms with van der Waals surface area (Å²) in [5.41, 5.74) is 0.797. The number of rotatable bonds is 6. The van der Waals surface area contributed by atoms with Gasteiger partial charge in [-0.1, -0.05) is 18.2 Å². The molecule has 1 saturated carbocycles. The largest absolute Gasteiger partial charge is 0.481 e. The second kappa shape index (κ2) is 7.85. The number of benzene rings is 1. The lowest BCUT2D eigenvalue weighted by Gasteiger charge is -2.23. The summed E-state index contributed by atoms with van der Waals surface area (Å²) in [6.07, 6.45) is -0.939. The maximum Gasteiger partial charge on any atom is 0.416 e. The molecular formula is C19H20F3N3O2. The zero-order valence-electron chi connectivity index (χ0n) is 14.8. The first kappa shape index (κ1) is 19.0. The Morgan fingerprint density at radius 2 is 1.85 bits per heavy atom. The Morgan fingerprint density at radius 1 is 1.19 bits per heavy atom. The molecule has 8 heteroatoms. The van der Waals surface area contributed by atoms with Crippen LogP contribution in [0, 0.1) is 0 Å². The lowest BCUT2D eigenvalue weighted by atomic mass is 10.1. The third-order valence-electron chi connectivity index (χ3n) is 4.33. The van der Waals surface area contributed by atoms with Crippen molar-refractivity contribution < 1.29 is 22.7 Å². The van der Waals surface area contributed by atoms with Gasteiger partial charge in [-0.3, -0.25) is 0 Å². The number of alkyl halides is 3. The van der Waals surface area contributed by atoms with Crippen molar-refractivity contribution in [3.8, 4) is 5.88 Å². The van der Waals surface area contributed by atoms with Crippen LogP contribution in [0.15, 0.2) is 42.6 Å². The highest BCUT2D eigenvalue weighted by molar-refractivity contribution is 5.75. The van der Waals surface area contributed by atoms with Crippen molar-refractivity contribution in [1.29, 1.82) is 0 Å². The van der Waals surface area contributed by atoms with E-state index >= 15 is 0 Å². The van der Waals surface area contributed by atoms with Gasteiger partial charge in [0.1, 0.15) is 0 Å². The molecule has 3 rings (SSSR count). The summed E-state index contributed by atoms with van der Waals surface area (Å²) in [4.78, 5) is 18.3. The van der Waals surface area contributed by atoms with Gasteiger partial charge in [-0.25, -0.2) is 9.78 Å². The fourth-order valence-corrected chi connectivity index (χ4v) is 2.66. The molecule has 1 heterocycles. The van der Waals surface area contributed by atoms with E-state index in [1.165, 1.54) is 19.2 Å². The number of amides is 2. The molecule has 0 atom stereocenters. The smallest absolute Gasteiger partial charge is 0.416 e. The minimum absolute atomic E-state index is 0.126. The molecule has 1 fully saturated rings. The van der Waals surface area contributed by atoms with E-state index in [1.54, 1.807) is 17.2 Å². The minimum Gasteiger partial charge on any atom is -0.481 e. The number of nitrogens with one attached hydrogen (secondary N) is 1. The monoisotopic (exact) mass is 379 g/mol. The summed E-state index contributed by atoms with van der Waals surface area (Å²) in [7, 11) is 1.53. The van der Waals surface area contributed by atoms with Crippen LogP contribution in [0.4, 0.5) is 18.0 Å². The zero-order valence-corrected chi connectivity index (χ0v) is 14.8. The molecule has 2 aromatic rings. The van der Waals surface area contributed by atoms with Crippen molar-refractivity contribution in [2.75, 3.05) is 7.11 Å². The van der Waals surface area contributed by atoms with Gasteiger partial charge in [0.05, 0.1) is 12.7 Å². The fraction of sp³-hybridized carbons (Fsp3) is 0.368. The van der Waals surface area contributed by atoms with Gasteiger partial charge in [-0.05, 0) is 36.1 Å². The van der Waals surface area contributed by atoms with Crippen molar-refractivity contribution >= 4 is 6.03 Å². The lowest BCUT2D eigenvalue weighted by molar-refractivity contribution is -0.137. The molecule has 0 unspecified atom stereocenters. The van der Waals surface area contributed by atoms with Crippen LogP contribution in [0.2, 0.25) is 0 Å². The predicted octanol–water partition coefficient (Wildman–Crippen LogP) is 3.98. The molecule has 1 aromatic heterocycles. The zero-order chi connectivity index (χ0) is 19.4. The van der Waals surface area contributed by atoms with E-state index in [0.29, 0.717) is 18.0 Å². The van der Waals surface area contributed by atoms with Gasteiger partial charge in [0.2, 0.25) is 5.88 Å². The van der Waals surface area contributed by atoms with Crippen molar-refractivity contribution in [2.45, 2.75) is 38.1 Å². The fourth-order valence-electron chi connectivity index (χ4n) is 2.66. The molecule has 1 aliphatic rings. The Hall–Kier alpha value is -2.77. The average Bonchev–Trinajstić information content (AvgIpc) is 3.49. The van der Waals surface area contributed by atoms with Gasteiger partial charge >= 0.3 is 12.2 Å². The van der Waals surface area contributed by atoms with E-state index < -0.39 is 11.7 Å². The van der Waals surface area contributed by atoms with Gasteiger partial charge in [0.25, 0.3) is 0 Å². The standard InChI is InChI=1S/C19H20F3N3O2/c1-27-17-9-4-14(10-23-17)11-24-18(26)25(16-7-8-16)12-13-2-5-15(6-3-13)19(20,21)22/h2-6,9-10,16H,7-8,11-12H2,1H3,(H,24,26). The van der Waals surface area contributed by atoms with E-state index in [1.807, 2.05) is 6.07 Å². The van der Waals surface area contributed by atoms with Crippen LogP contribution >= 0.6 is 0 Å². The second-order valence-electron chi connectivity index (χ2n) is 6.42. The molecule has 0 radical (unpaired) electrons. The molecule has 1 N–H and O–H groups in total. The quantitative estimate of drug-likeness (QED) is 0.826. The maximum absolute atomic E-state index is 12.7. The Bertz CT molecular complexity index is 772. The van der Waals surface area contributed by atoms with Crippen molar-refractivity contribution in [3.05, 3.63) is 59.3 Å². The van der Waals surface area contributed by atoms with Crippen LogP contribution in [0.25, 0.3) is 0 Å². The number of methoxy groups -OCH3 is 1. The Morgan fingerprint density at radius 3 is 2.37 bits per heavy atom. The normalized spacial score (nSPS) is 13.9. The Kier molecular flexibility index (Phi) is 5.53. The van der Waals surface area contributed by atoms with E-state index in [4.69, 9.17) is 4.74 Å². The summed E-state index contributed by atoms with van der Waals surface area (Å²) in [6.45, 7) is 0.585. The third kappa shape index (κ3) is 5.12. The van der Waals surface area contributed by atoms with E-state index in [9.17, 15) is 18.0 Å². The molecule has 5 nitrogen and oxygen atoms in total. The van der Waals surface area contributed by atoms with Gasteiger partial charge in [0, 0.05) is 31.4 Å². The number of hydrogen-bond donors (Lipinski definition) is 1. The molecule has 1 aliphatic carbocycles. The summed E-state index contributed by atoms with van der Waals surface area (Å²) in [6, 6.07) is 8.32. The highest BCUT2D eigenvalue weighted by Crippen LogP contribution is 2.31. The van der Waals surface area contributed by atoms with Gasteiger partial charge in [-0.15, -0.1) is 0 Å². The van der Waals surface area contributed by atoms with Crippen molar-refractivity contribution in [2.24, 2.45) is 0 Å². The van der Waals surface area contributed by atoms with Crippen LogP contribution in [0.3, 0.4) is 0 Å². The molecule has 144 valence electrons. The first-order chi connectivity index (χ1) is 12.9. The maximum atomic E-state index is 12.7. The summed E-state index contributed by atoms with van der Waals surface area (Å²) in [5.74, 6) is 0.493. The molecule has 0 spiro atoms. The molecule has 0 saturated heterocycles. The van der Waals surface area contributed by atoms with Crippen molar-refractivity contribution in [3.63, 3.8) is 0 Å². The molecule has 0 aliphatic heterocycles. The third-order valence-corrected chi connectivity index (χ3v) is 4.33. The number of halogens is 3. The van der Waals surface area contributed by atoms with Gasteiger partial charge in [-0.2, -0.15) is 13.2 Å². The molecule has 27 heavy (non-hydrogen) atoms. The number of nitrogens with zero attached hydrogens (tertiary/aromatic N) is 2. The highest BCUT2D eigenvalue weighted by Gasteiger charge is 2.33. The SMILES string of the molecule is COc1ccc(CNC(=O)N(Cc2ccc(C(F)(F)F)cc2)C2CC2)cn1. The molecule has 0 bridgehead atoms. The van der Waals surface area contributed by atoms with Crippen LogP contribution < -0.4 is 10.1 Å². The molecular weight excluding hydrogens is 359 g/mol. The van der Waals surface area contributed by atoms with Gasteiger partial charge in [0.15, 0.2) is 0 Å². The minimum atomic E-state index is -4.36. The van der Waals surface area contributed by atoms with Crippen LogP contribution in [0.5, 0.6) is 5.88 Å². The number of ether oxygens (including phenoxy) is 1. The van der Waals surface area contributed by atoms with Crippen LogP contribution in [-0.2, 0) is 19.3 Å². The molecule has 2 amide bonds. The topological polar surface area (TPSA) is 54.5 Å². The number of hydrogen-bond acceptors (Lipinski definition) is 3. The average molecular weight is 379 g/mol. The number of urea groups is 1. The Balaban J connectivity index is 1.60. The summed E-state index contributed by atoms with van der Waals surface area (Å²) in [5, 5.41) is 2.84. The van der Waals surface area contributed by atoms with Gasteiger partial charge < -0.3 is 15.0 Å². The summed E-state index contributed by atoms with van der Waals surface area (Å²) < 4.78 is 43.0. The Labute approximate surface area is 155 Å². The van der Waals surface area contributed by atoms with E-state index in [2.05, 4.69) is 10.3 Å². The van der Waals surface area contributed by atoms with E-state index in [-0.39, 0.29) is 18.6 Å². The first-order valence-corrected chi connectivity index (χ1v) is 8.56. The lowest BCUT2D eigenvalue weighted by Crippen LogP contribution is -2.40. The highest BCUT2D eigenvalue weighted by atomic mass is 19.4. The van der Waals surface area contributed by atoms with Crippen LogP contribution in [0.1, 0.15) is 29.5 Å². The number of aromatic nitrogens is 1. The van der Waals surface area contributed by atoms with Crippen LogP contribution in [-0.4, -0.2) is 29.1 Å². The second-order valence-corrected chi connectivity index (χ2v) is 6.42. The first-order valence-electron chi connectivity index (χ1n) is 8.56. The van der Waals surface area contributed by atoms with Crippen molar-refractivity contribution in [1.82, 2.24) is 15.2 Å². The predicted molar refractivity (Wildman–Crippen MR) is 93.0 cm³/mol. The summed E-state index contributed by atoms with van der Waals surface area (Å²) >= 11 is 0.